The molecule has 0 amide bonds. The summed E-state index contributed by atoms with van der Waals surface area (Å²) >= 11 is 0. The summed E-state index contributed by atoms with van der Waals surface area (Å²) in [5, 5.41) is 1.08. The second-order valence-electron chi connectivity index (χ2n) is 9.27. The highest BCUT2D eigenvalue weighted by Crippen LogP contribution is 2.36. The van der Waals surface area contributed by atoms with Gasteiger partial charge < -0.3 is 0 Å². The van der Waals surface area contributed by atoms with Gasteiger partial charge in [-0.2, -0.15) is 0 Å². The molecular weight excluding hydrogens is 410 g/mol. The quantitative estimate of drug-likeness (QED) is 0.366. The molecule has 6 rings (SSSR count). The number of hydrogen-bond donors (Lipinski definition) is 0. The van der Waals surface area contributed by atoms with Gasteiger partial charge in [-0.15, -0.1) is 0 Å². The highest BCUT2D eigenvalue weighted by Gasteiger charge is 2.26. The van der Waals surface area contributed by atoms with Gasteiger partial charge in [0, 0.05) is 30.2 Å². The monoisotopic (exact) mass is 437 g/mol. The summed E-state index contributed by atoms with van der Waals surface area (Å²) in [4.78, 5) is 27.6. The maximum absolute atomic E-state index is 13.3. The maximum Gasteiger partial charge on any atom is 0.329 e. The Hall–Kier alpha value is -3.54. The maximum atomic E-state index is 13.3. The number of benzene rings is 1. The second-order valence-corrected chi connectivity index (χ2v) is 9.27. The van der Waals surface area contributed by atoms with Crippen LogP contribution in [0.1, 0.15) is 45.1 Å². The highest BCUT2D eigenvalue weighted by molar-refractivity contribution is 6.00. The van der Waals surface area contributed by atoms with Crippen molar-refractivity contribution in [2.24, 2.45) is 13.0 Å². The number of fused-ring (bicyclic) bond motifs is 4. The standard InChI is InChI=1S/C27H27N5O/c1-3-17-8-10-20(11-9-17)32-26-24(31(2)27(32)33)16-29-23-13-12-22(30-25(23)26)19-14-18-6-4-5-7-21(18)28-15-19/h4-7,12-17,20H,3,8-11H2,1-2H3. The van der Waals surface area contributed by atoms with Gasteiger partial charge in [-0.05, 0) is 55.9 Å². The van der Waals surface area contributed by atoms with Crippen molar-refractivity contribution in [3.8, 4) is 11.3 Å². The summed E-state index contributed by atoms with van der Waals surface area (Å²) in [5.74, 6) is 0.774. The third kappa shape index (κ3) is 3.24. The van der Waals surface area contributed by atoms with Gasteiger partial charge >= 0.3 is 5.69 Å². The molecule has 6 heteroatoms. The summed E-state index contributed by atoms with van der Waals surface area (Å²) in [6, 6.07) is 14.4. The van der Waals surface area contributed by atoms with Crippen LogP contribution in [-0.2, 0) is 7.05 Å². The molecule has 0 saturated heterocycles. The largest absolute Gasteiger partial charge is 0.329 e. The van der Waals surface area contributed by atoms with Crippen LogP contribution < -0.4 is 5.69 Å². The van der Waals surface area contributed by atoms with E-state index >= 15 is 0 Å². The molecule has 0 spiro atoms. The van der Waals surface area contributed by atoms with Gasteiger partial charge in [0.2, 0.25) is 0 Å². The molecule has 1 fully saturated rings. The van der Waals surface area contributed by atoms with Crippen molar-refractivity contribution in [3.05, 3.63) is 65.3 Å². The lowest BCUT2D eigenvalue weighted by Crippen LogP contribution is -2.28. The normalized spacial score (nSPS) is 19.0. The first kappa shape index (κ1) is 20.1. The predicted octanol–water partition coefficient (Wildman–Crippen LogP) is 5.64. The zero-order valence-corrected chi connectivity index (χ0v) is 19.0. The Morgan fingerprint density at radius 2 is 1.76 bits per heavy atom. The Labute approximate surface area is 191 Å². The van der Waals surface area contributed by atoms with E-state index in [9.17, 15) is 4.79 Å². The minimum Gasteiger partial charge on any atom is -0.293 e. The van der Waals surface area contributed by atoms with Gasteiger partial charge in [0.15, 0.2) is 0 Å². The molecule has 4 aromatic heterocycles. The summed E-state index contributed by atoms with van der Waals surface area (Å²) < 4.78 is 3.72. The van der Waals surface area contributed by atoms with Crippen LogP contribution in [0.15, 0.2) is 59.7 Å². The number of hydrogen-bond acceptors (Lipinski definition) is 4. The van der Waals surface area contributed by atoms with Crippen molar-refractivity contribution >= 4 is 33.0 Å². The molecule has 4 heterocycles. The van der Waals surface area contributed by atoms with Gasteiger partial charge in [0.25, 0.3) is 0 Å². The van der Waals surface area contributed by atoms with E-state index < -0.39 is 0 Å². The first-order valence-corrected chi connectivity index (χ1v) is 11.9. The fourth-order valence-electron chi connectivity index (χ4n) is 5.41. The summed E-state index contributed by atoms with van der Waals surface area (Å²) in [7, 11) is 1.84. The van der Waals surface area contributed by atoms with E-state index in [-0.39, 0.29) is 11.7 Å². The van der Waals surface area contributed by atoms with Crippen LogP contribution in [0.5, 0.6) is 0 Å². The van der Waals surface area contributed by atoms with E-state index in [4.69, 9.17) is 4.98 Å². The van der Waals surface area contributed by atoms with Gasteiger partial charge in [-0.25, -0.2) is 9.78 Å². The molecule has 0 atom stereocenters. The molecule has 0 N–H and O–H groups in total. The molecule has 0 aliphatic heterocycles. The average molecular weight is 438 g/mol. The van der Waals surface area contributed by atoms with E-state index in [0.29, 0.717) is 0 Å². The number of para-hydroxylation sites is 1. The minimum absolute atomic E-state index is 0.0267. The summed E-state index contributed by atoms with van der Waals surface area (Å²) in [6.45, 7) is 2.27. The number of rotatable bonds is 3. The number of imidazole rings is 1. The predicted molar refractivity (Wildman–Crippen MR) is 132 cm³/mol. The first-order chi connectivity index (χ1) is 16.1. The van der Waals surface area contributed by atoms with Crippen molar-refractivity contribution in [1.82, 2.24) is 24.1 Å². The van der Waals surface area contributed by atoms with Crippen LogP contribution in [0.3, 0.4) is 0 Å². The van der Waals surface area contributed by atoms with Crippen molar-refractivity contribution < 1.29 is 0 Å². The van der Waals surface area contributed by atoms with E-state index in [1.807, 2.05) is 54.3 Å². The number of pyridine rings is 3. The van der Waals surface area contributed by atoms with Crippen LogP contribution in [0.25, 0.3) is 44.2 Å². The molecule has 0 bridgehead atoms. The van der Waals surface area contributed by atoms with E-state index in [1.165, 1.54) is 19.3 Å². The smallest absolute Gasteiger partial charge is 0.293 e. The van der Waals surface area contributed by atoms with Crippen molar-refractivity contribution in [3.63, 3.8) is 0 Å². The Kier molecular flexibility index (Phi) is 4.75. The van der Waals surface area contributed by atoms with Crippen LogP contribution >= 0.6 is 0 Å². The lowest BCUT2D eigenvalue weighted by Gasteiger charge is -2.28. The Morgan fingerprint density at radius 1 is 0.970 bits per heavy atom. The fourth-order valence-corrected chi connectivity index (χ4v) is 5.41. The Bertz CT molecular complexity index is 1560. The van der Waals surface area contributed by atoms with E-state index in [0.717, 1.165) is 63.0 Å². The fraction of sp³-hybridized carbons (Fsp3) is 0.333. The SMILES string of the molecule is CCC1CCC(n2c(=O)n(C)c3cnc4ccc(-c5cnc6ccccc6c5)nc4c32)CC1. The van der Waals surface area contributed by atoms with Crippen molar-refractivity contribution in [2.45, 2.75) is 45.1 Å². The van der Waals surface area contributed by atoms with Crippen molar-refractivity contribution in [2.75, 3.05) is 0 Å². The number of aromatic nitrogens is 5. The van der Waals surface area contributed by atoms with Crippen LogP contribution in [0.4, 0.5) is 0 Å². The third-order valence-electron chi connectivity index (χ3n) is 7.41. The lowest BCUT2D eigenvalue weighted by atomic mass is 9.84. The minimum atomic E-state index is 0.0267. The van der Waals surface area contributed by atoms with E-state index in [1.54, 1.807) is 4.57 Å². The van der Waals surface area contributed by atoms with Crippen LogP contribution in [-0.4, -0.2) is 24.1 Å². The summed E-state index contributed by atoms with van der Waals surface area (Å²) in [5.41, 5.74) is 6.13. The number of aryl methyl sites for hydroxylation is 1. The Balaban J connectivity index is 1.55. The average Bonchev–Trinajstić information content (AvgIpc) is 3.13. The van der Waals surface area contributed by atoms with Gasteiger partial charge in [0.1, 0.15) is 5.52 Å². The van der Waals surface area contributed by atoms with Crippen LogP contribution in [0, 0.1) is 5.92 Å². The number of nitrogens with zero attached hydrogens (tertiary/aromatic N) is 5. The molecule has 1 saturated carbocycles. The molecule has 33 heavy (non-hydrogen) atoms. The third-order valence-corrected chi connectivity index (χ3v) is 7.41. The van der Waals surface area contributed by atoms with Gasteiger partial charge in [0.05, 0.1) is 34.0 Å². The second kappa shape index (κ2) is 7.80. The summed E-state index contributed by atoms with van der Waals surface area (Å²) in [6.07, 6.45) is 9.32. The molecule has 6 nitrogen and oxygen atoms in total. The topological polar surface area (TPSA) is 65.6 Å². The molecule has 1 aliphatic carbocycles. The molecule has 1 aromatic carbocycles. The van der Waals surface area contributed by atoms with Gasteiger partial charge in [-0.1, -0.05) is 31.5 Å². The molecule has 0 radical (unpaired) electrons. The molecule has 1 aliphatic rings. The molecule has 5 aromatic rings. The zero-order chi connectivity index (χ0) is 22.5. The van der Waals surface area contributed by atoms with E-state index in [2.05, 4.69) is 29.0 Å². The lowest BCUT2D eigenvalue weighted by molar-refractivity contribution is 0.269. The highest BCUT2D eigenvalue weighted by atomic mass is 16.1. The van der Waals surface area contributed by atoms with Gasteiger partial charge in [-0.3, -0.25) is 19.1 Å². The molecule has 166 valence electrons. The molecule has 0 unspecified atom stereocenters. The zero-order valence-electron chi connectivity index (χ0n) is 19.0. The molecular formula is C27H27N5O. The first-order valence-electron chi connectivity index (χ1n) is 11.9. The van der Waals surface area contributed by atoms with Crippen LogP contribution in [0.2, 0.25) is 0 Å². The van der Waals surface area contributed by atoms with Crippen molar-refractivity contribution in [1.29, 1.82) is 0 Å². The Morgan fingerprint density at radius 3 is 2.58 bits per heavy atom.